The zero-order valence-electron chi connectivity index (χ0n) is 5.12. The Morgan fingerprint density at radius 3 is 2.62 bits per heavy atom. The van der Waals surface area contributed by atoms with E-state index in [-0.39, 0.29) is 51.4 Å². The van der Waals surface area contributed by atoms with Gasteiger partial charge in [0.05, 0.1) is 0 Å². The van der Waals surface area contributed by atoms with E-state index >= 15 is 0 Å². The van der Waals surface area contributed by atoms with E-state index in [0.717, 1.165) is 0 Å². The SMILES string of the molecule is C=C=C=C=[C-]SC.[K+]. The summed E-state index contributed by atoms with van der Waals surface area (Å²) in [6, 6.07) is 0. The van der Waals surface area contributed by atoms with Gasteiger partial charge in [0.2, 0.25) is 0 Å². The third-order valence-corrected chi connectivity index (χ3v) is 0.610. The zero-order valence-corrected chi connectivity index (χ0v) is 9.05. The summed E-state index contributed by atoms with van der Waals surface area (Å²) >= 11 is 1.45. The molecule has 0 unspecified atom stereocenters. The minimum atomic E-state index is 0. The van der Waals surface area contributed by atoms with Crippen molar-refractivity contribution in [1.29, 1.82) is 0 Å². The second kappa shape index (κ2) is 10.9. The Hall–Kier alpha value is 1.07. The summed E-state index contributed by atoms with van der Waals surface area (Å²) in [5, 5.41) is 2.70. The third-order valence-electron chi connectivity index (χ3n) is 0.304. The minimum Gasteiger partial charge on any atom is -0.281 e. The molecule has 0 aromatic rings. The first-order chi connectivity index (χ1) is 3.41. The molecule has 0 saturated heterocycles. The molecule has 0 fully saturated rings. The molecular formula is C6H5KS. The van der Waals surface area contributed by atoms with Gasteiger partial charge >= 0.3 is 51.4 Å². The largest absolute Gasteiger partial charge is 1.00 e. The molecule has 0 bridgehead atoms. The average Bonchev–Trinajstić information content (AvgIpc) is 1.69. The monoisotopic (exact) mass is 148 g/mol. The van der Waals surface area contributed by atoms with Gasteiger partial charge in [0.1, 0.15) is 0 Å². The van der Waals surface area contributed by atoms with Crippen LogP contribution in [-0.2, 0) is 0 Å². The second-order valence-electron chi connectivity index (χ2n) is 0.733. The first-order valence-corrected chi connectivity index (χ1v) is 2.94. The minimum absolute atomic E-state index is 0. The molecule has 0 heterocycles. The van der Waals surface area contributed by atoms with Crippen molar-refractivity contribution in [3.8, 4) is 0 Å². The predicted molar refractivity (Wildman–Crippen MR) is 32.9 cm³/mol. The Morgan fingerprint density at radius 1 is 1.62 bits per heavy atom. The van der Waals surface area contributed by atoms with Gasteiger partial charge in [0.15, 0.2) is 0 Å². The number of hydrogen-bond acceptors (Lipinski definition) is 1. The van der Waals surface area contributed by atoms with E-state index in [2.05, 4.69) is 29.2 Å². The normalized spacial score (nSPS) is 4.62. The van der Waals surface area contributed by atoms with Gasteiger partial charge in [-0.1, -0.05) is 6.58 Å². The fourth-order valence-electron chi connectivity index (χ4n) is 0.121. The molecule has 0 N–H and O–H groups in total. The number of rotatable bonds is 1. The summed E-state index contributed by atoms with van der Waals surface area (Å²) in [6.07, 6.45) is 1.90. The van der Waals surface area contributed by atoms with Crippen LogP contribution in [0.25, 0.3) is 0 Å². The molecular weight excluding hydrogens is 143 g/mol. The fraction of sp³-hybridized carbons (Fsp3) is 0.167. The summed E-state index contributed by atoms with van der Waals surface area (Å²) in [5.74, 6) is 0. The van der Waals surface area contributed by atoms with Crippen molar-refractivity contribution in [3.05, 3.63) is 29.2 Å². The van der Waals surface area contributed by atoms with Crippen molar-refractivity contribution in [2.75, 3.05) is 6.26 Å². The maximum atomic E-state index is 3.28. The topological polar surface area (TPSA) is 0 Å². The van der Waals surface area contributed by atoms with Crippen LogP contribution in [0.5, 0.6) is 0 Å². The summed E-state index contributed by atoms with van der Waals surface area (Å²) in [7, 11) is 0. The van der Waals surface area contributed by atoms with Gasteiger partial charge in [-0.25, -0.2) is 11.8 Å². The molecule has 0 aliphatic heterocycles. The molecule has 0 atom stereocenters. The smallest absolute Gasteiger partial charge is 0.281 e. The Kier molecular flexibility index (Phi) is 16.2. The number of thioether (sulfide) groups is 1. The third kappa shape index (κ3) is 10.1. The molecule has 36 valence electrons. The van der Waals surface area contributed by atoms with Gasteiger partial charge < -0.3 is 0 Å². The van der Waals surface area contributed by atoms with Crippen LogP contribution in [-0.4, -0.2) is 6.26 Å². The van der Waals surface area contributed by atoms with E-state index in [1.54, 1.807) is 0 Å². The maximum absolute atomic E-state index is 3.28. The quantitative estimate of drug-likeness (QED) is 0.255. The summed E-state index contributed by atoms with van der Waals surface area (Å²) in [6.45, 7) is 3.28. The summed E-state index contributed by atoms with van der Waals surface area (Å²) in [4.78, 5) is 0. The first kappa shape index (κ1) is 11.8. The van der Waals surface area contributed by atoms with Crippen molar-refractivity contribution in [2.24, 2.45) is 0 Å². The molecule has 0 aromatic carbocycles. The van der Waals surface area contributed by atoms with Crippen molar-refractivity contribution in [2.45, 2.75) is 0 Å². The van der Waals surface area contributed by atoms with Crippen LogP contribution in [0.3, 0.4) is 0 Å². The van der Waals surface area contributed by atoms with Crippen LogP contribution in [0, 0.1) is 5.41 Å². The van der Waals surface area contributed by atoms with Crippen LogP contribution in [0.1, 0.15) is 0 Å². The molecule has 0 aliphatic rings. The summed E-state index contributed by atoms with van der Waals surface area (Å²) < 4.78 is 0. The van der Waals surface area contributed by atoms with Crippen LogP contribution < -0.4 is 51.4 Å². The van der Waals surface area contributed by atoms with Crippen LogP contribution in [0.15, 0.2) is 23.8 Å². The summed E-state index contributed by atoms with van der Waals surface area (Å²) in [5.41, 5.74) is 7.50. The van der Waals surface area contributed by atoms with E-state index in [9.17, 15) is 0 Å². The second-order valence-corrected chi connectivity index (χ2v) is 1.35. The van der Waals surface area contributed by atoms with Gasteiger partial charge in [-0.3, -0.25) is 11.5 Å². The van der Waals surface area contributed by atoms with Crippen LogP contribution >= 0.6 is 11.8 Å². The van der Waals surface area contributed by atoms with E-state index in [4.69, 9.17) is 0 Å². The Labute approximate surface area is 96.9 Å². The van der Waals surface area contributed by atoms with Crippen molar-refractivity contribution >= 4 is 11.8 Å². The average molecular weight is 148 g/mol. The van der Waals surface area contributed by atoms with Gasteiger partial charge in [-0.2, -0.15) is 11.1 Å². The Morgan fingerprint density at radius 2 is 2.25 bits per heavy atom. The maximum Gasteiger partial charge on any atom is 1.00 e. The number of hydrogen-bond donors (Lipinski definition) is 0. The molecule has 0 amide bonds. The van der Waals surface area contributed by atoms with E-state index in [0.29, 0.717) is 0 Å². The standard InChI is InChI=1S/C6H5S.K/c1-3-4-5-6-7-2;/h1H2,2H3;/q-1;+1. The first-order valence-electron chi connectivity index (χ1n) is 1.72. The van der Waals surface area contributed by atoms with Crippen molar-refractivity contribution in [3.63, 3.8) is 0 Å². The molecule has 0 aromatic heterocycles. The molecule has 0 nitrogen and oxygen atoms in total. The van der Waals surface area contributed by atoms with Crippen molar-refractivity contribution in [1.82, 2.24) is 0 Å². The van der Waals surface area contributed by atoms with Crippen LogP contribution in [0.2, 0.25) is 0 Å². The molecule has 0 saturated carbocycles. The Bertz CT molecular complexity index is 144. The van der Waals surface area contributed by atoms with E-state index < -0.39 is 0 Å². The van der Waals surface area contributed by atoms with E-state index in [1.165, 1.54) is 11.8 Å². The van der Waals surface area contributed by atoms with Gasteiger partial charge in [0, 0.05) is 0 Å². The van der Waals surface area contributed by atoms with Crippen LogP contribution in [0.4, 0.5) is 0 Å². The molecule has 0 aliphatic carbocycles. The molecule has 2 heteroatoms. The molecule has 0 rings (SSSR count). The van der Waals surface area contributed by atoms with E-state index in [1.807, 2.05) is 6.26 Å². The molecule has 8 heavy (non-hydrogen) atoms. The zero-order chi connectivity index (χ0) is 5.54. The van der Waals surface area contributed by atoms with Gasteiger partial charge in [0.25, 0.3) is 0 Å². The van der Waals surface area contributed by atoms with Gasteiger partial charge in [-0.15, -0.1) is 0 Å². The Balaban J connectivity index is 0. The molecule has 0 radical (unpaired) electrons. The predicted octanol–water partition coefficient (Wildman–Crippen LogP) is -1.23. The molecule has 0 spiro atoms. The van der Waals surface area contributed by atoms with Gasteiger partial charge in [-0.05, 0) is 6.26 Å². The van der Waals surface area contributed by atoms with Crippen molar-refractivity contribution < 1.29 is 51.4 Å². The fourth-order valence-corrected chi connectivity index (χ4v) is 0.274.